The molecule has 8 heteroatoms. The molecule has 6 nitrogen and oxygen atoms in total. The van der Waals surface area contributed by atoms with Gasteiger partial charge in [0, 0.05) is 30.0 Å². The molecule has 1 heterocycles. The number of hydrogen-bond acceptors (Lipinski definition) is 4. The van der Waals surface area contributed by atoms with E-state index in [0.29, 0.717) is 11.4 Å². The lowest BCUT2D eigenvalue weighted by Gasteiger charge is -2.07. The van der Waals surface area contributed by atoms with Gasteiger partial charge in [0.05, 0.1) is 21.5 Å². The normalized spacial score (nSPS) is 11.5. The van der Waals surface area contributed by atoms with Gasteiger partial charge in [-0.3, -0.25) is 10.1 Å². The van der Waals surface area contributed by atoms with E-state index in [1.54, 1.807) is 0 Å². The van der Waals surface area contributed by atoms with Crippen molar-refractivity contribution < 1.29 is 10.0 Å². The molecule has 0 aliphatic carbocycles. The van der Waals surface area contributed by atoms with Crippen LogP contribution in [0.15, 0.2) is 54.6 Å². The third-order valence-corrected chi connectivity index (χ3v) is 6.27. The SMILES string of the molecule is O=[N+]([O-])c1ccc(O)c(-c2nc3c4cc(I)ccc4c4ccc(I)cc4c3[nH]2)c1. The predicted octanol–water partition coefficient (Wildman–Crippen LogP) is 6.36. The Kier molecular flexibility index (Phi) is 4.35. The Morgan fingerprint density at radius 1 is 0.897 bits per heavy atom. The maximum absolute atomic E-state index is 11.2. The largest absolute Gasteiger partial charge is 0.507 e. The van der Waals surface area contributed by atoms with Gasteiger partial charge in [-0.05, 0) is 86.3 Å². The van der Waals surface area contributed by atoms with E-state index in [4.69, 9.17) is 4.98 Å². The van der Waals surface area contributed by atoms with Gasteiger partial charge in [0.15, 0.2) is 0 Å². The zero-order valence-electron chi connectivity index (χ0n) is 14.6. The molecular formula is C21H11I2N3O3. The van der Waals surface area contributed by atoms with Gasteiger partial charge in [0.25, 0.3) is 5.69 Å². The van der Waals surface area contributed by atoms with Crippen molar-refractivity contribution in [2.45, 2.75) is 0 Å². The third kappa shape index (κ3) is 3.01. The number of non-ortho nitro benzene ring substituents is 1. The summed E-state index contributed by atoms with van der Waals surface area (Å²) in [6, 6.07) is 16.4. The summed E-state index contributed by atoms with van der Waals surface area (Å²) in [4.78, 5) is 18.7. The highest BCUT2D eigenvalue weighted by atomic mass is 127. The molecule has 0 bridgehead atoms. The van der Waals surface area contributed by atoms with Crippen LogP contribution in [-0.4, -0.2) is 20.0 Å². The Hall–Kier alpha value is -2.47. The first-order chi connectivity index (χ1) is 13.9. The summed E-state index contributed by atoms with van der Waals surface area (Å²) >= 11 is 4.55. The van der Waals surface area contributed by atoms with E-state index >= 15 is 0 Å². The highest BCUT2D eigenvalue weighted by Crippen LogP contribution is 2.38. The monoisotopic (exact) mass is 607 g/mol. The van der Waals surface area contributed by atoms with Crippen molar-refractivity contribution in [2.75, 3.05) is 0 Å². The number of benzene rings is 4. The Morgan fingerprint density at radius 3 is 2.24 bits per heavy atom. The van der Waals surface area contributed by atoms with E-state index in [1.807, 2.05) is 0 Å². The van der Waals surface area contributed by atoms with Gasteiger partial charge in [-0.25, -0.2) is 4.98 Å². The van der Waals surface area contributed by atoms with E-state index in [0.717, 1.165) is 39.7 Å². The van der Waals surface area contributed by atoms with Crippen molar-refractivity contribution in [3.8, 4) is 17.1 Å². The fraction of sp³-hybridized carbons (Fsp3) is 0. The summed E-state index contributed by atoms with van der Waals surface area (Å²) < 4.78 is 2.18. The lowest BCUT2D eigenvalue weighted by atomic mass is 10.0. The number of nitrogens with one attached hydrogen (secondary N) is 1. The average Bonchev–Trinajstić information content (AvgIpc) is 3.14. The first-order valence-corrected chi connectivity index (χ1v) is 10.8. The van der Waals surface area contributed by atoms with Crippen LogP contribution in [-0.2, 0) is 0 Å². The summed E-state index contributed by atoms with van der Waals surface area (Å²) in [5.41, 5.74) is 1.81. The Labute approximate surface area is 191 Å². The second-order valence-electron chi connectivity index (χ2n) is 6.65. The highest BCUT2D eigenvalue weighted by Gasteiger charge is 2.18. The second-order valence-corrected chi connectivity index (χ2v) is 9.14. The van der Waals surface area contributed by atoms with Gasteiger partial charge >= 0.3 is 0 Å². The standard InChI is InChI=1S/C21H11I2N3O3/c22-10-1-4-13-14-5-2-11(23)8-16(14)20-19(15(13)7-10)24-21(25-20)17-9-12(26(28)29)3-6-18(17)27/h1-9,27H,(H,24,25). The Balaban J connectivity index is 1.92. The first-order valence-electron chi connectivity index (χ1n) is 8.60. The third-order valence-electron chi connectivity index (χ3n) is 4.93. The van der Waals surface area contributed by atoms with Crippen LogP contribution in [0.1, 0.15) is 0 Å². The van der Waals surface area contributed by atoms with Crippen molar-refractivity contribution >= 4 is 83.4 Å². The van der Waals surface area contributed by atoms with Gasteiger partial charge in [-0.2, -0.15) is 0 Å². The molecule has 0 amide bonds. The van der Waals surface area contributed by atoms with Gasteiger partial charge in [0.2, 0.25) is 0 Å². The topological polar surface area (TPSA) is 92.1 Å². The number of aromatic hydroxyl groups is 1. The number of nitro groups is 1. The van der Waals surface area contributed by atoms with Crippen LogP contribution in [0.25, 0.3) is 44.0 Å². The minimum atomic E-state index is -0.485. The number of hydrogen-bond donors (Lipinski definition) is 2. The lowest BCUT2D eigenvalue weighted by Crippen LogP contribution is -1.89. The number of nitro benzene ring substituents is 1. The van der Waals surface area contributed by atoms with E-state index in [1.165, 1.54) is 18.2 Å². The molecule has 0 saturated carbocycles. The Morgan fingerprint density at radius 2 is 1.55 bits per heavy atom. The van der Waals surface area contributed by atoms with Gasteiger partial charge in [0.1, 0.15) is 11.6 Å². The number of rotatable bonds is 2. The summed E-state index contributed by atoms with van der Waals surface area (Å²) in [6.07, 6.45) is 0. The first kappa shape index (κ1) is 18.6. The molecule has 0 radical (unpaired) electrons. The molecule has 5 rings (SSSR count). The molecule has 0 atom stereocenters. The minimum Gasteiger partial charge on any atom is -0.507 e. The minimum absolute atomic E-state index is 0.0626. The molecule has 0 spiro atoms. The number of imidazole rings is 1. The molecule has 0 unspecified atom stereocenters. The van der Waals surface area contributed by atoms with E-state index < -0.39 is 4.92 Å². The summed E-state index contributed by atoms with van der Waals surface area (Å²) in [5, 5.41) is 25.7. The zero-order chi connectivity index (χ0) is 20.3. The summed E-state index contributed by atoms with van der Waals surface area (Å²) in [5.74, 6) is 0.333. The number of aromatic amines is 1. The van der Waals surface area contributed by atoms with Crippen LogP contribution in [0.3, 0.4) is 0 Å². The molecule has 1 aromatic heterocycles. The van der Waals surface area contributed by atoms with Crippen LogP contribution in [0.2, 0.25) is 0 Å². The van der Waals surface area contributed by atoms with Crippen molar-refractivity contribution in [1.29, 1.82) is 0 Å². The number of nitrogens with zero attached hydrogens (tertiary/aromatic N) is 2. The maximum atomic E-state index is 11.2. The number of halogens is 2. The number of H-pyrrole nitrogens is 1. The zero-order valence-corrected chi connectivity index (χ0v) is 18.9. The number of aromatic nitrogens is 2. The van der Waals surface area contributed by atoms with Crippen molar-refractivity contribution in [1.82, 2.24) is 9.97 Å². The van der Waals surface area contributed by atoms with Crippen molar-refractivity contribution in [3.63, 3.8) is 0 Å². The van der Waals surface area contributed by atoms with E-state index in [2.05, 4.69) is 86.6 Å². The molecule has 0 aliphatic heterocycles. The van der Waals surface area contributed by atoms with Crippen molar-refractivity contribution in [2.24, 2.45) is 0 Å². The fourth-order valence-corrected chi connectivity index (χ4v) is 4.61. The number of phenols is 1. The predicted molar refractivity (Wildman–Crippen MR) is 130 cm³/mol. The molecule has 0 saturated heterocycles. The second kappa shape index (κ2) is 6.80. The average molecular weight is 607 g/mol. The molecular weight excluding hydrogens is 596 g/mol. The molecule has 29 heavy (non-hydrogen) atoms. The Bertz CT molecular complexity index is 1400. The maximum Gasteiger partial charge on any atom is 0.270 e. The van der Waals surface area contributed by atoms with Crippen molar-refractivity contribution in [3.05, 3.63) is 71.9 Å². The van der Waals surface area contributed by atoms with Crippen LogP contribution in [0.4, 0.5) is 5.69 Å². The molecule has 5 aromatic rings. The quantitative estimate of drug-likeness (QED) is 0.106. The van der Waals surface area contributed by atoms with Crippen LogP contribution < -0.4 is 0 Å². The highest BCUT2D eigenvalue weighted by molar-refractivity contribution is 14.1. The summed E-state index contributed by atoms with van der Waals surface area (Å²) in [6.45, 7) is 0. The van der Waals surface area contributed by atoms with E-state index in [9.17, 15) is 15.2 Å². The number of phenolic OH excluding ortho intramolecular Hbond substituents is 1. The smallest absolute Gasteiger partial charge is 0.270 e. The van der Waals surface area contributed by atoms with Crippen LogP contribution in [0.5, 0.6) is 5.75 Å². The lowest BCUT2D eigenvalue weighted by molar-refractivity contribution is -0.384. The molecule has 0 aliphatic rings. The van der Waals surface area contributed by atoms with E-state index in [-0.39, 0.29) is 11.4 Å². The summed E-state index contributed by atoms with van der Waals surface area (Å²) in [7, 11) is 0. The fourth-order valence-electron chi connectivity index (χ4n) is 3.62. The van der Waals surface area contributed by atoms with Gasteiger partial charge < -0.3 is 10.1 Å². The molecule has 0 fully saturated rings. The molecule has 142 valence electrons. The van der Waals surface area contributed by atoms with Crippen LogP contribution >= 0.6 is 45.2 Å². The van der Waals surface area contributed by atoms with Gasteiger partial charge in [-0.1, -0.05) is 12.1 Å². The van der Waals surface area contributed by atoms with Crippen LogP contribution in [0, 0.1) is 17.3 Å². The van der Waals surface area contributed by atoms with Gasteiger partial charge in [-0.15, -0.1) is 0 Å². The number of fused-ring (bicyclic) bond motifs is 6. The molecule has 2 N–H and O–H groups in total. The molecule has 4 aromatic carbocycles.